The van der Waals surface area contributed by atoms with E-state index >= 15 is 0 Å². The Kier molecular flexibility index (Phi) is 6.08. The summed E-state index contributed by atoms with van der Waals surface area (Å²) in [4.78, 5) is 12.3. The van der Waals surface area contributed by atoms with Crippen LogP contribution in [0.15, 0.2) is 47.6 Å². The van der Waals surface area contributed by atoms with Gasteiger partial charge in [-0.1, -0.05) is 30.0 Å². The van der Waals surface area contributed by atoms with Gasteiger partial charge in [-0.3, -0.25) is 4.79 Å². The fourth-order valence-corrected chi connectivity index (χ4v) is 3.64. The van der Waals surface area contributed by atoms with Crippen LogP contribution in [-0.4, -0.2) is 39.6 Å². The number of nitrogens with one attached hydrogen (secondary N) is 1. The van der Waals surface area contributed by atoms with E-state index in [4.69, 9.17) is 14.2 Å². The smallest absolute Gasteiger partial charge is 0.234 e. The van der Waals surface area contributed by atoms with E-state index in [1.54, 1.807) is 18.2 Å². The molecule has 0 saturated carbocycles. The number of aromatic nitrogens is 3. The zero-order valence-corrected chi connectivity index (χ0v) is 17.6. The Morgan fingerprint density at radius 2 is 1.97 bits per heavy atom. The van der Waals surface area contributed by atoms with E-state index < -0.39 is 0 Å². The lowest BCUT2D eigenvalue weighted by molar-refractivity contribution is -0.113. The minimum Gasteiger partial charge on any atom is -0.486 e. The van der Waals surface area contributed by atoms with E-state index in [1.165, 1.54) is 11.8 Å². The normalized spacial score (nSPS) is 12.5. The minimum atomic E-state index is -0.141. The molecule has 0 spiro atoms. The number of hydrogen-bond donors (Lipinski definition) is 1. The summed E-state index contributed by atoms with van der Waals surface area (Å²) in [6.45, 7) is 3.33. The first-order valence-electron chi connectivity index (χ1n) is 9.49. The van der Waals surface area contributed by atoms with Gasteiger partial charge in [0, 0.05) is 18.8 Å². The highest BCUT2D eigenvalue weighted by atomic mass is 32.2. The Morgan fingerprint density at radius 3 is 2.80 bits per heavy atom. The maximum Gasteiger partial charge on any atom is 0.234 e. The van der Waals surface area contributed by atoms with Crippen LogP contribution in [0.5, 0.6) is 17.2 Å². The average molecular weight is 426 g/mol. The lowest BCUT2D eigenvalue weighted by Gasteiger charge is -2.18. The molecule has 2 heterocycles. The third kappa shape index (κ3) is 4.68. The van der Waals surface area contributed by atoms with E-state index in [2.05, 4.69) is 15.5 Å². The fourth-order valence-electron chi connectivity index (χ4n) is 2.91. The number of amides is 1. The van der Waals surface area contributed by atoms with Crippen molar-refractivity contribution in [1.29, 1.82) is 0 Å². The van der Waals surface area contributed by atoms with Crippen molar-refractivity contribution >= 4 is 23.4 Å². The number of anilines is 1. The highest BCUT2D eigenvalue weighted by Crippen LogP contribution is 2.32. The minimum absolute atomic E-state index is 0.141. The number of carbonyl (C=O) groups is 1. The molecule has 0 aliphatic carbocycles. The van der Waals surface area contributed by atoms with Gasteiger partial charge >= 0.3 is 0 Å². The van der Waals surface area contributed by atoms with Crippen LogP contribution in [-0.2, 0) is 18.4 Å². The Bertz CT molecular complexity index is 1050. The van der Waals surface area contributed by atoms with E-state index in [9.17, 15) is 4.79 Å². The van der Waals surface area contributed by atoms with Crippen LogP contribution in [0, 0.1) is 6.92 Å². The van der Waals surface area contributed by atoms with Crippen LogP contribution in [0.1, 0.15) is 11.4 Å². The summed E-state index contributed by atoms with van der Waals surface area (Å²) >= 11 is 1.31. The third-order valence-electron chi connectivity index (χ3n) is 4.53. The maximum atomic E-state index is 12.3. The average Bonchev–Trinajstić information content (AvgIpc) is 3.11. The number of rotatable bonds is 7. The zero-order chi connectivity index (χ0) is 20.9. The van der Waals surface area contributed by atoms with Gasteiger partial charge in [-0.15, -0.1) is 10.2 Å². The molecule has 1 aliphatic heterocycles. The summed E-state index contributed by atoms with van der Waals surface area (Å²) in [5.74, 6) is 2.89. The van der Waals surface area contributed by atoms with Crippen molar-refractivity contribution in [3.8, 4) is 17.2 Å². The second-order valence-electron chi connectivity index (χ2n) is 6.71. The number of para-hydroxylation sites is 1. The molecule has 0 radical (unpaired) electrons. The second kappa shape index (κ2) is 9.08. The van der Waals surface area contributed by atoms with Crippen molar-refractivity contribution in [2.75, 3.05) is 24.3 Å². The van der Waals surface area contributed by atoms with Gasteiger partial charge in [0.25, 0.3) is 0 Å². The standard InChI is InChI=1S/C21H22N4O4S/c1-14-5-3-4-6-16(14)29-12-19-23-24-21(25(19)2)30-13-20(26)22-15-7-8-17-18(11-15)28-10-9-27-17/h3-8,11H,9-10,12-13H2,1-2H3,(H,22,26). The predicted molar refractivity (Wildman–Crippen MR) is 113 cm³/mol. The van der Waals surface area contributed by atoms with Gasteiger partial charge in [0.2, 0.25) is 5.91 Å². The number of fused-ring (bicyclic) bond motifs is 1. The largest absolute Gasteiger partial charge is 0.486 e. The SMILES string of the molecule is Cc1ccccc1OCc1nnc(SCC(=O)Nc2ccc3c(c2)OCCO3)n1C. The van der Waals surface area contributed by atoms with Crippen molar-refractivity contribution in [2.45, 2.75) is 18.7 Å². The molecule has 1 amide bonds. The molecule has 0 fully saturated rings. The molecule has 0 bridgehead atoms. The predicted octanol–water partition coefficient (Wildman–Crippen LogP) is 3.20. The van der Waals surface area contributed by atoms with E-state index in [-0.39, 0.29) is 11.7 Å². The molecule has 4 rings (SSSR count). The number of ether oxygens (including phenoxy) is 3. The molecule has 1 aliphatic rings. The molecular weight excluding hydrogens is 404 g/mol. The maximum absolute atomic E-state index is 12.3. The summed E-state index contributed by atoms with van der Waals surface area (Å²) in [5.41, 5.74) is 1.72. The topological polar surface area (TPSA) is 87.5 Å². The molecule has 0 saturated heterocycles. The second-order valence-corrected chi connectivity index (χ2v) is 7.65. The molecule has 9 heteroatoms. The van der Waals surface area contributed by atoms with E-state index in [0.29, 0.717) is 48.0 Å². The third-order valence-corrected chi connectivity index (χ3v) is 5.55. The summed E-state index contributed by atoms with van der Waals surface area (Å²) in [5, 5.41) is 11.9. The van der Waals surface area contributed by atoms with Crippen LogP contribution in [0.25, 0.3) is 0 Å². The molecule has 1 N–H and O–H groups in total. The molecule has 156 valence electrons. The van der Waals surface area contributed by atoms with Gasteiger partial charge in [0.05, 0.1) is 5.75 Å². The molecular formula is C21H22N4O4S. The molecule has 3 aromatic rings. The Morgan fingerprint density at radius 1 is 1.17 bits per heavy atom. The van der Waals surface area contributed by atoms with Gasteiger partial charge in [0.1, 0.15) is 25.6 Å². The van der Waals surface area contributed by atoms with Gasteiger partial charge in [-0.2, -0.15) is 0 Å². The highest BCUT2D eigenvalue weighted by Gasteiger charge is 2.15. The first-order chi connectivity index (χ1) is 14.6. The van der Waals surface area contributed by atoms with Crippen LogP contribution < -0.4 is 19.5 Å². The molecule has 1 aromatic heterocycles. The van der Waals surface area contributed by atoms with Gasteiger partial charge < -0.3 is 24.1 Å². The lowest BCUT2D eigenvalue weighted by Crippen LogP contribution is -2.17. The number of benzene rings is 2. The molecule has 30 heavy (non-hydrogen) atoms. The molecule has 8 nitrogen and oxygen atoms in total. The molecule has 0 unspecified atom stereocenters. The number of aryl methyl sites for hydroxylation is 1. The first kappa shape index (κ1) is 20.1. The number of thioether (sulfide) groups is 1. The lowest BCUT2D eigenvalue weighted by atomic mass is 10.2. The number of nitrogens with zero attached hydrogens (tertiary/aromatic N) is 3. The summed E-state index contributed by atoms with van der Waals surface area (Å²) in [6.07, 6.45) is 0. The molecule has 0 atom stereocenters. The van der Waals surface area contributed by atoms with Crippen molar-refractivity contribution in [2.24, 2.45) is 7.05 Å². The van der Waals surface area contributed by atoms with Crippen molar-refractivity contribution in [3.05, 3.63) is 53.9 Å². The Balaban J connectivity index is 1.30. The highest BCUT2D eigenvalue weighted by molar-refractivity contribution is 7.99. The van der Waals surface area contributed by atoms with Crippen LogP contribution >= 0.6 is 11.8 Å². The van der Waals surface area contributed by atoms with Crippen molar-refractivity contribution in [3.63, 3.8) is 0 Å². The van der Waals surface area contributed by atoms with Crippen molar-refractivity contribution < 1.29 is 19.0 Å². The quantitative estimate of drug-likeness (QED) is 0.581. The fraction of sp³-hybridized carbons (Fsp3) is 0.286. The number of carbonyl (C=O) groups excluding carboxylic acids is 1. The first-order valence-corrected chi connectivity index (χ1v) is 10.5. The van der Waals surface area contributed by atoms with E-state index in [0.717, 1.165) is 11.3 Å². The van der Waals surface area contributed by atoms with Crippen molar-refractivity contribution in [1.82, 2.24) is 14.8 Å². The zero-order valence-electron chi connectivity index (χ0n) is 16.8. The van der Waals surface area contributed by atoms with Gasteiger partial charge in [-0.05, 0) is 30.7 Å². The van der Waals surface area contributed by atoms with Crippen LogP contribution in [0.3, 0.4) is 0 Å². The number of hydrogen-bond acceptors (Lipinski definition) is 7. The Labute approximate surface area is 178 Å². The Hall–Kier alpha value is -3.20. The summed E-state index contributed by atoms with van der Waals surface area (Å²) in [6, 6.07) is 13.2. The molecule has 2 aromatic carbocycles. The monoisotopic (exact) mass is 426 g/mol. The summed E-state index contributed by atoms with van der Waals surface area (Å²) < 4.78 is 18.7. The van der Waals surface area contributed by atoms with E-state index in [1.807, 2.05) is 42.8 Å². The summed E-state index contributed by atoms with van der Waals surface area (Å²) in [7, 11) is 1.86. The van der Waals surface area contributed by atoms with Gasteiger partial charge in [0.15, 0.2) is 22.5 Å². The van der Waals surface area contributed by atoms with Crippen LogP contribution in [0.4, 0.5) is 5.69 Å². The van der Waals surface area contributed by atoms with Crippen LogP contribution in [0.2, 0.25) is 0 Å². The van der Waals surface area contributed by atoms with Gasteiger partial charge in [-0.25, -0.2) is 0 Å².